The van der Waals surface area contributed by atoms with Crippen molar-refractivity contribution in [3.05, 3.63) is 28.5 Å². The Morgan fingerprint density at radius 2 is 2.28 bits per heavy atom. The van der Waals surface area contributed by atoms with Gasteiger partial charge in [0.1, 0.15) is 5.82 Å². The molecule has 0 amide bonds. The summed E-state index contributed by atoms with van der Waals surface area (Å²) in [6, 6.07) is 5.88. The molecule has 1 fully saturated rings. The van der Waals surface area contributed by atoms with Crippen molar-refractivity contribution in [2.24, 2.45) is 5.92 Å². The van der Waals surface area contributed by atoms with E-state index in [4.69, 9.17) is 0 Å². The molecule has 2 nitrogen and oxygen atoms in total. The van der Waals surface area contributed by atoms with Gasteiger partial charge in [0.15, 0.2) is 0 Å². The monoisotopic (exact) mass is 314 g/mol. The van der Waals surface area contributed by atoms with Crippen molar-refractivity contribution < 1.29 is 4.39 Å². The van der Waals surface area contributed by atoms with Gasteiger partial charge in [-0.05, 0) is 46.5 Å². The molecule has 4 heteroatoms. The van der Waals surface area contributed by atoms with E-state index in [0.717, 1.165) is 31.7 Å². The van der Waals surface area contributed by atoms with E-state index < -0.39 is 0 Å². The lowest BCUT2D eigenvalue weighted by atomic mass is 10.0. The minimum absolute atomic E-state index is 0.188. The Labute approximate surface area is 117 Å². The van der Waals surface area contributed by atoms with E-state index in [-0.39, 0.29) is 5.82 Å². The Morgan fingerprint density at radius 1 is 1.50 bits per heavy atom. The molecule has 0 radical (unpaired) electrons. The van der Waals surface area contributed by atoms with Crippen molar-refractivity contribution in [3.63, 3.8) is 0 Å². The third kappa shape index (κ3) is 3.45. The fraction of sp³-hybridized carbons (Fsp3) is 0.571. The predicted molar refractivity (Wildman–Crippen MR) is 77.6 cm³/mol. The van der Waals surface area contributed by atoms with Crippen LogP contribution in [-0.2, 0) is 0 Å². The summed E-state index contributed by atoms with van der Waals surface area (Å²) in [6.45, 7) is 7.34. The third-order valence-corrected chi connectivity index (χ3v) is 3.92. The number of benzene rings is 1. The molecule has 1 aromatic rings. The first-order chi connectivity index (χ1) is 8.56. The van der Waals surface area contributed by atoms with Crippen LogP contribution in [0.2, 0.25) is 0 Å². The molecule has 0 aromatic heterocycles. The first-order valence-corrected chi connectivity index (χ1v) is 7.29. The highest BCUT2D eigenvalue weighted by atomic mass is 79.9. The summed E-state index contributed by atoms with van der Waals surface area (Å²) < 4.78 is 14.1. The highest BCUT2D eigenvalue weighted by molar-refractivity contribution is 9.10. The number of hydrogen-bond acceptors (Lipinski definition) is 2. The lowest BCUT2D eigenvalue weighted by Gasteiger charge is -2.36. The Kier molecular flexibility index (Phi) is 4.62. The van der Waals surface area contributed by atoms with Crippen molar-refractivity contribution >= 4 is 21.6 Å². The summed E-state index contributed by atoms with van der Waals surface area (Å²) in [5, 5.41) is 3.53. The van der Waals surface area contributed by atoms with Crippen LogP contribution in [0, 0.1) is 11.7 Å². The number of rotatable bonds is 3. The van der Waals surface area contributed by atoms with E-state index >= 15 is 0 Å². The molecule has 1 N–H and O–H groups in total. The predicted octanol–water partition coefficient (Wildman–Crippen LogP) is 3.41. The highest BCUT2D eigenvalue weighted by Crippen LogP contribution is 2.23. The van der Waals surface area contributed by atoms with Crippen molar-refractivity contribution in [2.75, 3.05) is 24.5 Å². The molecule has 1 unspecified atom stereocenters. The second-order valence-corrected chi connectivity index (χ2v) is 6.18. The van der Waals surface area contributed by atoms with Gasteiger partial charge in [-0.1, -0.05) is 13.8 Å². The normalized spacial score (nSPS) is 20.5. The van der Waals surface area contributed by atoms with Crippen LogP contribution in [-0.4, -0.2) is 25.7 Å². The van der Waals surface area contributed by atoms with E-state index in [2.05, 4.69) is 40.0 Å². The molecule has 0 saturated carbocycles. The van der Waals surface area contributed by atoms with Gasteiger partial charge in [0.25, 0.3) is 0 Å². The minimum atomic E-state index is -0.188. The lowest BCUT2D eigenvalue weighted by molar-refractivity contribution is 0.388. The molecule has 1 saturated heterocycles. The quantitative estimate of drug-likeness (QED) is 0.919. The Bertz CT molecular complexity index is 409. The van der Waals surface area contributed by atoms with Crippen molar-refractivity contribution in [1.29, 1.82) is 0 Å². The molecule has 1 aliphatic heterocycles. The molecule has 100 valence electrons. The van der Waals surface area contributed by atoms with Crippen LogP contribution < -0.4 is 10.2 Å². The van der Waals surface area contributed by atoms with Gasteiger partial charge in [-0.25, -0.2) is 4.39 Å². The first kappa shape index (κ1) is 13.8. The van der Waals surface area contributed by atoms with E-state index in [9.17, 15) is 4.39 Å². The van der Waals surface area contributed by atoms with Gasteiger partial charge in [-0.2, -0.15) is 0 Å². The van der Waals surface area contributed by atoms with Crippen LogP contribution in [0.1, 0.15) is 20.3 Å². The zero-order chi connectivity index (χ0) is 13.1. The molecule has 0 spiro atoms. The topological polar surface area (TPSA) is 15.3 Å². The number of anilines is 1. The van der Waals surface area contributed by atoms with Crippen LogP contribution in [0.15, 0.2) is 22.7 Å². The summed E-state index contributed by atoms with van der Waals surface area (Å²) in [5.74, 6) is 0.496. The number of hydrogen-bond donors (Lipinski definition) is 1. The zero-order valence-electron chi connectivity index (χ0n) is 10.9. The van der Waals surface area contributed by atoms with E-state index in [1.54, 1.807) is 12.1 Å². The molecule has 1 aromatic carbocycles. The van der Waals surface area contributed by atoms with Gasteiger partial charge in [0, 0.05) is 31.4 Å². The number of nitrogens with zero attached hydrogens (tertiary/aromatic N) is 1. The van der Waals surface area contributed by atoms with Gasteiger partial charge in [-0.15, -0.1) is 0 Å². The van der Waals surface area contributed by atoms with Crippen LogP contribution >= 0.6 is 15.9 Å². The van der Waals surface area contributed by atoms with Crippen LogP contribution in [0.25, 0.3) is 0 Å². The summed E-state index contributed by atoms with van der Waals surface area (Å²) >= 11 is 3.19. The van der Waals surface area contributed by atoms with E-state index in [0.29, 0.717) is 16.4 Å². The minimum Gasteiger partial charge on any atom is -0.369 e. The summed E-state index contributed by atoms with van der Waals surface area (Å²) in [4.78, 5) is 2.26. The van der Waals surface area contributed by atoms with Crippen LogP contribution in [0.4, 0.5) is 10.1 Å². The molecule has 1 atom stereocenters. The molecular formula is C14H20BrFN2. The summed E-state index contributed by atoms with van der Waals surface area (Å²) in [6.07, 6.45) is 1.16. The number of nitrogens with one attached hydrogen (secondary N) is 1. The van der Waals surface area contributed by atoms with Gasteiger partial charge in [0.05, 0.1) is 4.47 Å². The standard InChI is InChI=1S/C14H20BrFN2/c1-10(2)7-11-9-18(6-5-17-11)12-3-4-13(15)14(16)8-12/h3-4,8,10-11,17H,5-7,9H2,1-2H3. The largest absolute Gasteiger partial charge is 0.369 e. The molecule has 1 aliphatic rings. The lowest BCUT2D eigenvalue weighted by Crippen LogP contribution is -2.51. The fourth-order valence-electron chi connectivity index (χ4n) is 2.47. The smallest absolute Gasteiger partial charge is 0.139 e. The second-order valence-electron chi connectivity index (χ2n) is 5.33. The average Bonchev–Trinajstić information content (AvgIpc) is 2.32. The van der Waals surface area contributed by atoms with Crippen molar-refractivity contribution in [2.45, 2.75) is 26.3 Å². The Morgan fingerprint density at radius 3 is 2.94 bits per heavy atom. The summed E-state index contributed by atoms with van der Waals surface area (Å²) in [7, 11) is 0. The third-order valence-electron chi connectivity index (χ3n) is 3.28. The van der Waals surface area contributed by atoms with Gasteiger partial charge in [-0.3, -0.25) is 0 Å². The Hall–Kier alpha value is -0.610. The fourth-order valence-corrected chi connectivity index (χ4v) is 2.72. The maximum atomic E-state index is 13.6. The van der Waals surface area contributed by atoms with Crippen molar-refractivity contribution in [1.82, 2.24) is 5.32 Å². The maximum absolute atomic E-state index is 13.6. The van der Waals surface area contributed by atoms with Crippen LogP contribution in [0.3, 0.4) is 0 Å². The van der Waals surface area contributed by atoms with E-state index in [1.807, 2.05) is 6.07 Å². The van der Waals surface area contributed by atoms with Gasteiger partial charge >= 0.3 is 0 Å². The summed E-state index contributed by atoms with van der Waals surface area (Å²) in [5.41, 5.74) is 0.978. The maximum Gasteiger partial charge on any atom is 0.139 e. The molecule has 0 aliphatic carbocycles. The number of piperazine rings is 1. The molecule has 0 bridgehead atoms. The number of halogens is 2. The van der Waals surface area contributed by atoms with E-state index in [1.165, 1.54) is 0 Å². The second kappa shape index (κ2) is 6.02. The highest BCUT2D eigenvalue weighted by Gasteiger charge is 2.20. The van der Waals surface area contributed by atoms with Gasteiger partial charge in [0.2, 0.25) is 0 Å². The zero-order valence-corrected chi connectivity index (χ0v) is 12.5. The molecule has 1 heterocycles. The SMILES string of the molecule is CC(C)CC1CN(c2ccc(Br)c(F)c2)CCN1. The Balaban J connectivity index is 2.05. The molecule has 18 heavy (non-hydrogen) atoms. The average molecular weight is 315 g/mol. The first-order valence-electron chi connectivity index (χ1n) is 6.49. The molecular weight excluding hydrogens is 295 g/mol. The molecule has 2 rings (SSSR count). The van der Waals surface area contributed by atoms with Crippen LogP contribution in [0.5, 0.6) is 0 Å². The van der Waals surface area contributed by atoms with Crippen molar-refractivity contribution in [3.8, 4) is 0 Å². The van der Waals surface area contributed by atoms with Gasteiger partial charge < -0.3 is 10.2 Å².